The van der Waals surface area contributed by atoms with E-state index in [1.807, 2.05) is 10.7 Å². The van der Waals surface area contributed by atoms with Crippen LogP contribution in [0.4, 0.5) is 0 Å². The maximum absolute atomic E-state index is 5.88. The Morgan fingerprint density at radius 1 is 1.23 bits per heavy atom. The van der Waals surface area contributed by atoms with Crippen LogP contribution in [0.2, 0.25) is 0 Å². The molecule has 1 atom stereocenters. The van der Waals surface area contributed by atoms with Gasteiger partial charge in [-0.1, -0.05) is 6.07 Å². The average molecular weight is 357 g/mol. The third-order valence-electron chi connectivity index (χ3n) is 5.09. The summed E-state index contributed by atoms with van der Waals surface area (Å²) in [5.41, 5.74) is 3.62. The smallest absolute Gasteiger partial charge is 0.231 e. The van der Waals surface area contributed by atoms with Crippen LogP contribution in [0.3, 0.4) is 0 Å². The van der Waals surface area contributed by atoms with Crippen molar-refractivity contribution in [2.45, 2.75) is 52.4 Å². The largest absolute Gasteiger partial charge is 0.454 e. The highest BCUT2D eigenvalue weighted by Crippen LogP contribution is 2.33. The number of hydrogen-bond donors (Lipinski definition) is 0. The van der Waals surface area contributed by atoms with Gasteiger partial charge < -0.3 is 14.2 Å². The molecule has 2 aliphatic rings. The fourth-order valence-corrected chi connectivity index (χ4v) is 3.68. The first-order chi connectivity index (χ1) is 12.7. The van der Waals surface area contributed by atoms with Crippen molar-refractivity contribution >= 4 is 0 Å². The molecular weight excluding hydrogens is 330 g/mol. The highest BCUT2D eigenvalue weighted by molar-refractivity contribution is 5.44. The Balaban J connectivity index is 1.50. The number of ether oxygens (including phenoxy) is 3. The zero-order valence-corrected chi connectivity index (χ0v) is 15.6. The van der Waals surface area contributed by atoms with Gasteiger partial charge in [0.05, 0.1) is 11.8 Å². The molecule has 3 heterocycles. The van der Waals surface area contributed by atoms with Crippen LogP contribution < -0.4 is 9.47 Å². The van der Waals surface area contributed by atoms with Gasteiger partial charge in [0.2, 0.25) is 6.79 Å². The lowest BCUT2D eigenvalue weighted by atomic mass is 10.1. The van der Waals surface area contributed by atoms with Crippen LogP contribution in [0, 0.1) is 6.92 Å². The Hall–Kier alpha value is -2.05. The van der Waals surface area contributed by atoms with Crippen molar-refractivity contribution in [2.24, 2.45) is 0 Å². The predicted octanol–water partition coefficient (Wildman–Crippen LogP) is 3.12. The first-order valence-corrected chi connectivity index (χ1v) is 9.46. The van der Waals surface area contributed by atoms with Gasteiger partial charge in [0.1, 0.15) is 0 Å². The van der Waals surface area contributed by atoms with E-state index in [0.29, 0.717) is 12.9 Å². The van der Waals surface area contributed by atoms with Crippen LogP contribution in [-0.2, 0) is 24.4 Å². The molecule has 1 aromatic heterocycles. The number of nitrogens with zero attached hydrogens (tertiary/aromatic N) is 3. The van der Waals surface area contributed by atoms with E-state index in [9.17, 15) is 0 Å². The van der Waals surface area contributed by atoms with Crippen LogP contribution in [0.25, 0.3) is 0 Å². The molecule has 4 rings (SSSR count). The SMILES string of the molecule is CCn1cc(CN(Cc2ccc3c(c2)OCO3)C[C@@H]2CCCO2)c(C)n1. The second kappa shape index (κ2) is 7.68. The number of aromatic nitrogens is 2. The van der Waals surface area contributed by atoms with Crippen molar-refractivity contribution < 1.29 is 14.2 Å². The normalized spacial score (nSPS) is 18.8. The van der Waals surface area contributed by atoms with Crippen molar-refractivity contribution in [3.05, 3.63) is 41.2 Å². The first kappa shape index (κ1) is 17.4. The average Bonchev–Trinajstić information content (AvgIpc) is 3.36. The fraction of sp³-hybridized carbons (Fsp3) is 0.550. The Kier molecular flexibility index (Phi) is 5.13. The summed E-state index contributed by atoms with van der Waals surface area (Å²) in [4.78, 5) is 2.46. The van der Waals surface area contributed by atoms with E-state index in [1.54, 1.807) is 0 Å². The van der Waals surface area contributed by atoms with Crippen LogP contribution in [0.5, 0.6) is 11.5 Å². The molecule has 0 spiro atoms. The van der Waals surface area contributed by atoms with Gasteiger partial charge in [0.15, 0.2) is 11.5 Å². The molecule has 0 radical (unpaired) electrons. The third-order valence-corrected chi connectivity index (χ3v) is 5.09. The minimum absolute atomic E-state index is 0.313. The Morgan fingerprint density at radius 2 is 2.12 bits per heavy atom. The predicted molar refractivity (Wildman–Crippen MR) is 98.3 cm³/mol. The quantitative estimate of drug-likeness (QED) is 0.762. The zero-order chi connectivity index (χ0) is 17.9. The van der Waals surface area contributed by atoms with Crippen LogP contribution in [0.1, 0.15) is 36.6 Å². The standard InChI is InChI=1S/C20H27N3O3/c1-3-23-12-17(15(2)21-23)11-22(13-18-5-4-8-24-18)10-16-6-7-19-20(9-16)26-14-25-19/h6-7,9,12,18H,3-5,8,10-11,13-14H2,1-2H3/t18-/m0/s1. The molecule has 1 saturated heterocycles. The second-order valence-corrected chi connectivity index (χ2v) is 7.09. The van der Waals surface area contributed by atoms with Crippen LogP contribution in [-0.4, -0.2) is 40.7 Å². The molecule has 0 amide bonds. The van der Waals surface area contributed by atoms with Gasteiger partial charge in [-0.2, -0.15) is 5.10 Å². The number of benzene rings is 1. The topological polar surface area (TPSA) is 48.8 Å². The molecule has 0 aliphatic carbocycles. The molecule has 1 fully saturated rings. The number of hydrogen-bond acceptors (Lipinski definition) is 5. The fourth-order valence-electron chi connectivity index (χ4n) is 3.68. The summed E-state index contributed by atoms with van der Waals surface area (Å²) < 4.78 is 18.8. The van der Waals surface area contributed by atoms with E-state index in [0.717, 1.165) is 62.8 Å². The second-order valence-electron chi connectivity index (χ2n) is 7.09. The molecule has 0 N–H and O–H groups in total. The van der Waals surface area contributed by atoms with Crippen LogP contribution in [0.15, 0.2) is 24.4 Å². The number of aryl methyl sites for hydroxylation is 2. The molecule has 2 aromatic rings. The highest BCUT2D eigenvalue weighted by atomic mass is 16.7. The molecule has 1 aromatic carbocycles. The van der Waals surface area contributed by atoms with E-state index >= 15 is 0 Å². The molecule has 6 nitrogen and oxygen atoms in total. The van der Waals surface area contributed by atoms with Crippen molar-refractivity contribution in [3.8, 4) is 11.5 Å². The summed E-state index contributed by atoms with van der Waals surface area (Å²) in [7, 11) is 0. The van der Waals surface area contributed by atoms with E-state index in [2.05, 4.69) is 42.2 Å². The first-order valence-electron chi connectivity index (χ1n) is 9.46. The monoisotopic (exact) mass is 357 g/mol. The van der Waals surface area contributed by atoms with E-state index in [4.69, 9.17) is 14.2 Å². The summed E-state index contributed by atoms with van der Waals surface area (Å²) in [6, 6.07) is 6.22. The molecule has 2 aliphatic heterocycles. The maximum atomic E-state index is 5.88. The van der Waals surface area contributed by atoms with Crippen LogP contribution >= 0.6 is 0 Å². The lowest BCUT2D eigenvalue weighted by Crippen LogP contribution is -2.31. The minimum Gasteiger partial charge on any atom is -0.454 e. The lowest BCUT2D eigenvalue weighted by Gasteiger charge is -2.25. The number of rotatable bonds is 7. The van der Waals surface area contributed by atoms with Crippen molar-refractivity contribution in [1.82, 2.24) is 14.7 Å². The Labute approximate surface area is 154 Å². The lowest BCUT2D eigenvalue weighted by molar-refractivity contribution is 0.0678. The molecule has 6 heteroatoms. The van der Waals surface area contributed by atoms with Crippen molar-refractivity contribution in [3.63, 3.8) is 0 Å². The third kappa shape index (κ3) is 3.86. The zero-order valence-electron chi connectivity index (χ0n) is 15.6. The van der Waals surface area contributed by atoms with E-state index in [-0.39, 0.29) is 0 Å². The highest BCUT2D eigenvalue weighted by Gasteiger charge is 2.21. The summed E-state index contributed by atoms with van der Waals surface area (Å²) in [5.74, 6) is 1.68. The Bertz CT molecular complexity index is 753. The number of fused-ring (bicyclic) bond motifs is 1. The Morgan fingerprint density at radius 3 is 2.88 bits per heavy atom. The van der Waals surface area contributed by atoms with Gasteiger partial charge in [0, 0.05) is 44.5 Å². The minimum atomic E-state index is 0.313. The van der Waals surface area contributed by atoms with E-state index < -0.39 is 0 Å². The molecule has 140 valence electrons. The molecule has 0 saturated carbocycles. The van der Waals surface area contributed by atoms with Gasteiger partial charge in [0.25, 0.3) is 0 Å². The van der Waals surface area contributed by atoms with Gasteiger partial charge >= 0.3 is 0 Å². The van der Waals surface area contributed by atoms with Gasteiger partial charge in [-0.25, -0.2) is 0 Å². The van der Waals surface area contributed by atoms with Gasteiger partial charge in [-0.3, -0.25) is 9.58 Å². The summed E-state index contributed by atoms with van der Waals surface area (Å²) >= 11 is 0. The molecule has 26 heavy (non-hydrogen) atoms. The summed E-state index contributed by atoms with van der Waals surface area (Å²) in [5, 5.41) is 4.59. The van der Waals surface area contributed by atoms with Crippen molar-refractivity contribution in [1.29, 1.82) is 0 Å². The summed E-state index contributed by atoms with van der Waals surface area (Å²) in [6.45, 7) is 8.97. The van der Waals surface area contributed by atoms with Gasteiger partial charge in [-0.05, 0) is 44.4 Å². The van der Waals surface area contributed by atoms with E-state index in [1.165, 1.54) is 11.1 Å². The van der Waals surface area contributed by atoms with Crippen molar-refractivity contribution in [2.75, 3.05) is 19.9 Å². The molecular formula is C20H27N3O3. The maximum Gasteiger partial charge on any atom is 0.231 e. The summed E-state index contributed by atoms with van der Waals surface area (Å²) in [6.07, 6.45) is 4.79. The molecule has 0 unspecified atom stereocenters. The van der Waals surface area contributed by atoms with Gasteiger partial charge in [-0.15, -0.1) is 0 Å². The molecule has 0 bridgehead atoms.